The Labute approximate surface area is 174 Å². The van der Waals surface area contributed by atoms with E-state index < -0.39 is 23.5 Å². The normalized spacial score (nSPS) is 11.5. The molecule has 0 aliphatic rings. The summed E-state index contributed by atoms with van der Waals surface area (Å²) in [6.07, 6.45) is -1.87. The van der Waals surface area contributed by atoms with Crippen molar-refractivity contribution in [2.24, 2.45) is 0 Å². The monoisotopic (exact) mass is 428 g/mol. The Morgan fingerprint density at radius 1 is 1.00 bits per heavy atom. The second-order valence-electron chi connectivity index (χ2n) is 6.63. The van der Waals surface area contributed by atoms with Gasteiger partial charge >= 0.3 is 12.1 Å². The molecule has 0 aliphatic heterocycles. The molecule has 2 aromatic carbocycles. The summed E-state index contributed by atoms with van der Waals surface area (Å²) in [5.41, 5.74) is 0.119. The molecular formula is C22H15F3N2O4. The maximum Gasteiger partial charge on any atom is 0.420 e. The lowest BCUT2D eigenvalue weighted by Crippen LogP contribution is -2.08. The van der Waals surface area contributed by atoms with Gasteiger partial charge in [0, 0.05) is 0 Å². The molecule has 0 bridgehead atoms. The van der Waals surface area contributed by atoms with Gasteiger partial charge in [-0.3, -0.25) is 9.20 Å². The van der Waals surface area contributed by atoms with E-state index in [2.05, 4.69) is 4.98 Å². The largest absolute Gasteiger partial charge is 0.481 e. The molecule has 2 aromatic heterocycles. The van der Waals surface area contributed by atoms with Gasteiger partial charge in [0.2, 0.25) is 5.88 Å². The van der Waals surface area contributed by atoms with E-state index in [9.17, 15) is 18.0 Å². The molecule has 31 heavy (non-hydrogen) atoms. The van der Waals surface area contributed by atoms with Crippen LogP contribution < -0.4 is 9.47 Å². The van der Waals surface area contributed by atoms with Gasteiger partial charge in [0.1, 0.15) is 29.1 Å². The van der Waals surface area contributed by atoms with Crippen molar-refractivity contribution in [1.29, 1.82) is 0 Å². The van der Waals surface area contributed by atoms with Crippen LogP contribution in [0.1, 0.15) is 11.1 Å². The van der Waals surface area contributed by atoms with E-state index in [0.717, 1.165) is 17.6 Å². The number of fused-ring (bicyclic) bond motifs is 1. The summed E-state index contributed by atoms with van der Waals surface area (Å²) < 4.78 is 53.8. The summed E-state index contributed by atoms with van der Waals surface area (Å²) >= 11 is 0. The first-order chi connectivity index (χ1) is 14.8. The highest BCUT2D eigenvalue weighted by molar-refractivity contribution is 5.70. The van der Waals surface area contributed by atoms with Crippen LogP contribution in [0.15, 0.2) is 73.2 Å². The van der Waals surface area contributed by atoms with Gasteiger partial charge in [0.05, 0.1) is 18.1 Å². The molecule has 0 amide bonds. The van der Waals surface area contributed by atoms with Gasteiger partial charge in [0.15, 0.2) is 0 Å². The quantitative estimate of drug-likeness (QED) is 0.435. The van der Waals surface area contributed by atoms with Crippen molar-refractivity contribution < 1.29 is 32.5 Å². The highest BCUT2D eigenvalue weighted by Gasteiger charge is 2.35. The fourth-order valence-corrected chi connectivity index (χ4v) is 3.03. The zero-order valence-corrected chi connectivity index (χ0v) is 15.8. The van der Waals surface area contributed by atoms with Crippen LogP contribution in [0.25, 0.3) is 5.52 Å². The summed E-state index contributed by atoms with van der Waals surface area (Å²) in [6.45, 7) is 0. The topological polar surface area (TPSA) is 73.1 Å². The number of alkyl halides is 3. The van der Waals surface area contributed by atoms with Gasteiger partial charge in [-0.05, 0) is 48.0 Å². The van der Waals surface area contributed by atoms with Crippen LogP contribution in [0.4, 0.5) is 13.2 Å². The molecule has 0 spiro atoms. The number of imidazole rings is 1. The molecule has 0 atom stereocenters. The number of carbonyl (C=O) groups is 1. The van der Waals surface area contributed by atoms with Crippen molar-refractivity contribution >= 4 is 11.5 Å². The lowest BCUT2D eigenvalue weighted by Gasteiger charge is -2.16. The summed E-state index contributed by atoms with van der Waals surface area (Å²) in [7, 11) is 0. The van der Waals surface area contributed by atoms with Crippen molar-refractivity contribution in [2.45, 2.75) is 12.6 Å². The minimum absolute atomic E-state index is 0.0273. The lowest BCUT2D eigenvalue weighted by atomic mass is 10.1. The molecule has 1 N–H and O–H groups in total. The average Bonchev–Trinajstić information content (AvgIpc) is 3.18. The van der Waals surface area contributed by atoms with Crippen LogP contribution in [0, 0.1) is 0 Å². The van der Waals surface area contributed by atoms with Crippen LogP contribution in [0.5, 0.6) is 23.1 Å². The number of aliphatic carboxylic acids is 1. The van der Waals surface area contributed by atoms with E-state index >= 15 is 0 Å². The molecule has 0 saturated heterocycles. The first-order valence-corrected chi connectivity index (χ1v) is 9.08. The smallest absolute Gasteiger partial charge is 0.420 e. The molecule has 6 nitrogen and oxygen atoms in total. The molecule has 0 aliphatic carbocycles. The van der Waals surface area contributed by atoms with Crippen molar-refractivity contribution in [1.82, 2.24) is 9.38 Å². The number of rotatable bonds is 6. The molecule has 2 heterocycles. The number of halogens is 3. The van der Waals surface area contributed by atoms with Crippen LogP contribution in [-0.2, 0) is 17.4 Å². The van der Waals surface area contributed by atoms with E-state index in [-0.39, 0.29) is 17.9 Å². The second kappa shape index (κ2) is 8.02. The average molecular weight is 428 g/mol. The minimum atomic E-state index is -4.70. The predicted octanol–water partition coefficient (Wildman–Crippen LogP) is 5.56. The standard InChI is InChI=1S/C22H15F3N2O4/c23-22(24,25)18-11-17(31-20-6-2-4-15-12-26-13-27(15)20)7-8-19(18)30-16-5-1-3-14(9-16)10-21(28)29/h1-9,11-13H,10H2,(H,28,29). The van der Waals surface area contributed by atoms with Crippen LogP contribution in [-0.4, -0.2) is 20.5 Å². The molecule has 0 saturated carbocycles. The van der Waals surface area contributed by atoms with Gasteiger partial charge in [-0.2, -0.15) is 13.2 Å². The number of hydrogen-bond donors (Lipinski definition) is 1. The summed E-state index contributed by atoms with van der Waals surface area (Å²) in [5.74, 6) is -1.10. The van der Waals surface area contributed by atoms with Gasteiger partial charge < -0.3 is 14.6 Å². The molecule has 4 aromatic rings. The maximum absolute atomic E-state index is 13.7. The number of hydrogen-bond acceptors (Lipinski definition) is 4. The third kappa shape index (κ3) is 4.61. The number of aromatic nitrogens is 2. The zero-order chi connectivity index (χ0) is 22.0. The number of carboxylic acid groups (broad SMARTS) is 1. The Balaban J connectivity index is 1.65. The Kier molecular flexibility index (Phi) is 5.24. The molecule has 4 rings (SSSR count). The Bertz CT molecular complexity index is 1250. The van der Waals surface area contributed by atoms with Gasteiger partial charge in [-0.15, -0.1) is 0 Å². The summed E-state index contributed by atoms with van der Waals surface area (Å²) in [6, 6.07) is 14.4. The van der Waals surface area contributed by atoms with Crippen LogP contribution in [0.3, 0.4) is 0 Å². The molecule has 0 unspecified atom stereocenters. The predicted molar refractivity (Wildman–Crippen MR) is 105 cm³/mol. The second-order valence-corrected chi connectivity index (χ2v) is 6.63. The fourth-order valence-electron chi connectivity index (χ4n) is 3.03. The SMILES string of the molecule is O=C(O)Cc1cccc(Oc2ccc(Oc3cccc4cncn34)cc2C(F)(F)F)c1. The Hall–Kier alpha value is -4.01. The van der Waals surface area contributed by atoms with Crippen LogP contribution in [0.2, 0.25) is 0 Å². The molecule has 0 radical (unpaired) electrons. The summed E-state index contributed by atoms with van der Waals surface area (Å²) in [4.78, 5) is 14.9. The number of ether oxygens (including phenoxy) is 2. The summed E-state index contributed by atoms with van der Waals surface area (Å²) in [5, 5.41) is 8.89. The molecule has 0 fully saturated rings. The lowest BCUT2D eigenvalue weighted by molar-refractivity contribution is -0.138. The maximum atomic E-state index is 13.7. The van der Waals surface area contributed by atoms with E-state index in [0.29, 0.717) is 11.4 Å². The number of pyridine rings is 1. The zero-order valence-electron chi connectivity index (χ0n) is 15.8. The van der Waals surface area contributed by atoms with Crippen molar-refractivity contribution in [2.75, 3.05) is 0 Å². The molecule has 9 heteroatoms. The first-order valence-electron chi connectivity index (χ1n) is 9.08. The van der Waals surface area contributed by atoms with E-state index in [4.69, 9.17) is 14.6 Å². The van der Waals surface area contributed by atoms with Crippen molar-refractivity contribution in [3.63, 3.8) is 0 Å². The van der Waals surface area contributed by atoms with Gasteiger partial charge in [0.25, 0.3) is 0 Å². The Morgan fingerprint density at radius 2 is 1.77 bits per heavy atom. The van der Waals surface area contributed by atoms with Gasteiger partial charge in [-0.25, -0.2) is 4.98 Å². The Morgan fingerprint density at radius 3 is 2.55 bits per heavy atom. The van der Waals surface area contributed by atoms with E-state index in [1.165, 1.54) is 30.6 Å². The van der Waals surface area contributed by atoms with E-state index in [1.807, 2.05) is 0 Å². The van der Waals surface area contributed by atoms with Crippen molar-refractivity contribution in [3.8, 4) is 23.1 Å². The highest BCUT2D eigenvalue weighted by atomic mass is 19.4. The minimum Gasteiger partial charge on any atom is -0.481 e. The van der Waals surface area contributed by atoms with E-state index in [1.54, 1.807) is 34.9 Å². The third-order valence-corrected chi connectivity index (χ3v) is 4.37. The van der Waals surface area contributed by atoms with Gasteiger partial charge in [-0.1, -0.05) is 18.2 Å². The fraction of sp³-hybridized carbons (Fsp3) is 0.0909. The number of carboxylic acids is 1. The molecular weight excluding hydrogens is 413 g/mol. The molecule has 158 valence electrons. The van der Waals surface area contributed by atoms with Crippen LogP contribution >= 0.6 is 0 Å². The van der Waals surface area contributed by atoms with Crippen molar-refractivity contribution in [3.05, 3.63) is 84.3 Å². The number of nitrogens with zero attached hydrogens (tertiary/aromatic N) is 2. The third-order valence-electron chi connectivity index (χ3n) is 4.37. The first kappa shape index (κ1) is 20.3. The highest BCUT2D eigenvalue weighted by Crippen LogP contribution is 2.41. The number of benzene rings is 2.